The van der Waals surface area contributed by atoms with Gasteiger partial charge in [0, 0.05) is 32.3 Å². The van der Waals surface area contributed by atoms with E-state index in [1.165, 1.54) is 32.4 Å². The third-order valence-corrected chi connectivity index (χ3v) is 5.25. The van der Waals surface area contributed by atoms with Crippen LogP contribution in [-0.4, -0.2) is 43.8 Å². The molecule has 0 spiro atoms. The van der Waals surface area contributed by atoms with Crippen LogP contribution in [0.3, 0.4) is 0 Å². The van der Waals surface area contributed by atoms with Gasteiger partial charge < -0.3 is 15.4 Å². The molecule has 18 heavy (non-hydrogen) atoms. The lowest BCUT2D eigenvalue weighted by Gasteiger charge is -2.47. The molecule has 2 N–H and O–H groups in total. The molecule has 3 heteroatoms. The highest BCUT2D eigenvalue weighted by Gasteiger charge is 2.38. The van der Waals surface area contributed by atoms with Crippen LogP contribution in [0, 0.1) is 10.8 Å². The number of nitrogens with zero attached hydrogens (tertiary/aromatic N) is 1. The Labute approximate surface area is 112 Å². The molecule has 0 saturated carbocycles. The maximum Gasteiger partial charge on any atom is 0.0471 e. The van der Waals surface area contributed by atoms with Gasteiger partial charge in [-0.2, -0.15) is 0 Å². The molecule has 1 unspecified atom stereocenters. The zero-order valence-electron chi connectivity index (χ0n) is 12.4. The molecule has 0 radical (unpaired) electrons. The second-order valence-corrected chi connectivity index (χ2v) is 7.06. The predicted octanol–water partition coefficient (Wildman–Crippen LogP) is 2.25. The van der Waals surface area contributed by atoms with E-state index in [0.717, 1.165) is 26.2 Å². The summed E-state index contributed by atoms with van der Waals surface area (Å²) in [6, 6.07) is 0.362. The van der Waals surface area contributed by atoms with Crippen molar-refractivity contribution in [3.8, 4) is 0 Å². The normalized spacial score (nSPS) is 32.3. The first-order chi connectivity index (χ1) is 8.47. The molecular weight excluding hydrogens is 224 g/mol. The van der Waals surface area contributed by atoms with Crippen LogP contribution in [0.1, 0.15) is 46.5 Å². The van der Waals surface area contributed by atoms with Crippen LogP contribution in [0.4, 0.5) is 0 Å². The number of ether oxygens (including phenoxy) is 1. The van der Waals surface area contributed by atoms with Gasteiger partial charge in [-0.25, -0.2) is 0 Å². The second kappa shape index (κ2) is 5.48. The molecule has 0 aromatic carbocycles. The van der Waals surface area contributed by atoms with Gasteiger partial charge >= 0.3 is 0 Å². The van der Waals surface area contributed by atoms with E-state index in [1.807, 2.05) is 0 Å². The third kappa shape index (κ3) is 3.06. The highest BCUT2D eigenvalue weighted by molar-refractivity contribution is 4.93. The Balaban J connectivity index is 1.96. The molecule has 106 valence electrons. The molecule has 2 saturated heterocycles. The Hall–Kier alpha value is -0.120. The van der Waals surface area contributed by atoms with E-state index in [-0.39, 0.29) is 5.41 Å². The van der Waals surface area contributed by atoms with Crippen LogP contribution >= 0.6 is 0 Å². The molecule has 2 heterocycles. The van der Waals surface area contributed by atoms with Crippen molar-refractivity contribution in [2.75, 3.05) is 32.8 Å². The van der Waals surface area contributed by atoms with E-state index in [1.54, 1.807) is 0 Å². The third-order valence-electron chi connectivity index (χ3n) is 5.25. The zero-order chi connectivity index (χ0) is 13.2. The minimum Gasteiger partial charge on any atom is -0.381 e. The molecular formula is C15H30N2O. The lowest BCUT2D eigenvalue weighted by atomic mass is 9.75. The average molecular weight is 254 g/mol. The first-order valence-electron chi connectivity index (χ1n) is 7.53. The maximum absolute atomic E-state index is 6.23. The fourth-order valence-electron chi connectivity index (χ4n) is 3.52. The molecule has 2 aliphatic rings. The number of likely N-dealkylation sites (tertiary alicyclic amines) is 1. The highest BCUT2D eigenvalue weighted by atomic mass is 16.5. The summed E-state index contributed by atoms with van der Waals surface area (Å²) < 4.78 is 5.54. The quantitative estimate of drug-likeness (QED) is 0.839. The standard InChI is InChI=1S/C15H30N2O/c1-4-15(6-9-18-10-7-15)12-17-8-5-13(16)14(2,3)11-17/h13H,4-12,16H2,1-3H3. The van der Waals surface area contributed by atoms with Gasteiger partial charge in [0.15, 0.2) is 0 Å². The van der Waals surface area contributed by atoms with Crippen molar-refractivity contribution in [3.05, 3.63) is 0 Å². The summed E-state index contributed by atoms with van der Waals surface area (Å²) in [7, 11) is 0. The molecule has 0 aromatic rings. The van der Waals surface area contributed by atoms with Crippen LogP contribution in [0.2, 0.25) is 0 Å². The Kier molecular flexibility index (Phi) is 4.35. The summed E-state index contributed by atoms with van der Waals surface area (Å²) >= 11 is 0. The summed E-state index contributed by atoms with van der Waals surface area (Å²) in [6.45, 7) is 12.4. The van der Waals surface area contributed by atoms with Crippen LogP contribution in [0.5, 0.6) is 0 Å². The minimum absolute atomic E-state index is 0.262. The minimum atomic E-state index is 0.262. The molecule has 2 aliphatic heterocycles. The summed E-state index contributed by atoms with van der Waals surface area (Å²) in [4.78, 5) is 2.65. The molecule has 2 rings (SSSR count). The molecule has 0 amide bonds. The van der Waals surface area contributed by atoms with Crippen molar-refractivity contribution in [1.82, 2.24) is 4.90 Å². The number of nitrogens with two attached hydrogens (primary N) is 1. The average Bonchev–Trinajstić information content (AvgIpc) is 2.35. The molecule has 3 nitrogen and oxygen atoms in total. The Morgan fingerprint density at radius 2 is 1.94 bits per heavy atom. The van der Waals surface area contributed by atoms with Crippen LogP contribution in [0.25, 0.3) is 0 Å². The van der Waals surface area contributed by atoms with Crippen LogP contribution < -0.4 is 5.73 Å². The fraction of sp³-hybridized carbons (Fsp3) is 1.00. The molecule has 1 atom stereocenters. The zero-order valence-corrected chi connectivity index (χ0v) is 12.4. The number of rotatable bonds is 3. The van der Waals surface area contributed by atoms with E-state index in [2.05, 4.69) is 25.7 Å². The molecule has 2 fully saturated rings. The van der Waals surface area contributed by atoms with Gasteiger partial charge in [0.2, 0.25) is 0 Å². The predicted molar refractivity (Wildman–Crippen MR) is 75.6 cm³/mol. The van der Waals surface area contributed by atoms with Gasteiger partial charge in [-0.3, -0.25) is 0 Å². The number of hydrogen-bond donors (Lipinski definition) is 1. The van der Waals surface area contributed by atoms with E-state index in [9.17, 15) is 0 Å². The summed E-state index contributed by atoms with van der Waals surface area (Å²) in [6.07, 6.45) is 4.88. The van der Waals surface area contributed by atoms with E-state index >= 15 is 0 Å². The lowest BCUT2D eigenvalue weighted by molar-refractivity contribution is -0.0223. The Morgan fingerprint density at radius 1 is 1.28 bits per heavy atom. The summed E-state index contributed by atoms with van der Waals surface area (Å²) in [5.74, 6) is 0. The Bertz CT molecular complexity index is 272. The van der Waals surface area contributed by atoms with Crippen molar-refractivity contribution in [3.63, 3.8) is 0 Å². The number of hydrogen-bond acceptors (Lipinski definition) is 3. The Morgan fingerprint density at radius 3 is 2.50 bits per heavy atom. The molecule has 0 aliphatic carbocycles. The van der Waals surface area contributed by atoms with Gasteiger partial charge in [0.05, 0.1) is 0 Å². The smallest absolute Gasteiger partial charge is 0.0471 e. The fourth-order valence-corrected chi connectivity index (χ4v) is 3.52. The van der Waals surface area contributed by atoms with Crippen molar-refractivity contribution >= 4 is 0 Å². The van der Waals surface area contributed by atoms with Crippen molar-refractivity contribution < 1.29 is 4.74 Å². The van der Waals surface area contributed by atoms with Crippen LogP contribution in [0.15, 0.2) is 0 Å². The largest absolute Gasteiger partial charge is 0.381 e. The summed E-state index contributed by atoms with van der Waals surface area (Å²) in [5.41, 5.74) is 6.98. The van der Waals surface area contributed by atoms with Gasteiger partial charge in [0.25, 0.3) is 0 Å². The first-order valence-corrected chi connectivity index (χ1v) is 7.53. The van der Waals surface area contributed by atoms with Gasteiger partial charge in [0.1, 0.15) is 0 Å². The maximum atomic E-state index is 6.23. The highest BCUT2D eigenvalue weighted by Crippen LogP contribution is 2.37. The molecule has 0 aromatic heterocycles. The van der Waals surface area contributed by atoms with Crippen molar-refractivity contribution in [2.45, 2.75) is 52.5 Å². The van der Waals surface area contributed by atoms with E-state index in [0.29, 0.717) is 11.5 Å². The first kappa shape index (κ1) is 14.3. The lowest BCUT2D eigenvalue weighted by Crippen LogP contribution is -2.55. The van der Waals surface area contributed by atoms with Crippen molar-refractivity contribution in [2.24, 2.45) is 16.6 Å². The van der Waals surface area contributed by atoms with Gasteiger partial charge in [-0.15, -0.1) is 0 Å². The van der Waals surface area contributed by atoms with E-state index < -0.39 is 0 Å². The topological polar surface area (TPSA) is 38.5 Å². The van der Waals surface area contributed by atoms with Crippen molar-refractivity contribution in [1.29, 1.82) is 0 Å². The SMILES string of the molecule is CCC1(CN2CCC(N)C(C)(C)C2)CCOCC1. The number of piperidine rings is 1. The van der Waals surface area contributed by atoms with Gasteiger partial charge in [-0.05, 0) is 43.1 Å². The van der Waals surface area contributed by atoms with Gasteiger partial charge in [-0.1, -0.05) is 20.8 Å². The monoisotopic (exact) mass is 254 g/mol. The summed E-state index contributed by atoms with van der Waals surface area (Å²) in [5, 5.41) is 0. The van der Waals surface area contributed by atoms with Crippen LogP contribution in [-0.2, 0) is 4.74 Å². The molecule has 0 bridgehead atoms. The van der Waals surface area contributed by atoms with E-state index in [4.69, 9.17) is 10.5 Å². The second-order valence-electron chi connectivity index (χ2n) is 7.06.